The summed E-state index contributed by atoms with van der Waals surface area (Å²) in [6, 6.07) is 21.2. The third-order valence-corrected chi connectivity index (χ3v) is 3.36. The summed E-state index contributed by atoms with van der Waals surface area (Å²) in [5, 5.41) is 0. The van der Waals surface area contributed by atoms with Gasteiger partial charge in [-0.1, -0.05) is 60.7 Å². The third-order valence-electron chi connectivity index (χ3n) is 3.36. The van der Waals surface area contributed by atoms with Gasteiger partial charge in [0.1, 0.15) is 0 Å². The van der Waals surface area contributed by atoms with Crippen molar-refractivity contribution < 1.29 is 4.58 Å². The number of hydrogen-bond donors (Lipinski definition) is 0. The first-order valence-corrected chi connectivity index (χ1v) is 6.74. The normalized spacial score (nSPS) is 14.5. The van der Waals surface area contributed by atoms with Gasteiger partial charge in [-0.15, -0.1) is 6.34 Å². The van der Waals surface area contributed by atoms with E-state index in [1.165, 1.54) is 11.1 Å². The van der Waals surface area contributed by atoms with Crippen molar-refractivity contribution in [2.24, 2.45) is 0 Å². The molecule has 2 aromatic carbocycles. The summed E-state index contributed by atoms with van der Waals surface area (Å²) in [5.41, 5.74) is 2.69. The molecule has 0 atom stereocenters. The van der Waals surface area contributed by atoms with Crippen molar-refractivity contribution >= 4 is 6.34 Å². The van der Waals surface area contributed by atoms with Crippen molar-refractivity contribution in [2.75, 3.05) is 13.1 Å². The zero-order chi connectivity index (χ0) is 12.9. The zero-order valence-electron chi connectivity index (χ0n) is 11.0. The predicted octanol–water partition coefficient (Wildman–Crippen LogP) is 2.62. The Morgan fingerprint density at radius 1 is 0.895 bits per heavy atom. The summed E-state index contributed by atoms with van der Waals surface area (Å²) < 4.78 is 2.26. The maximum absolute atomic E-state index is 3.45. The molecular weight excluding hydrogens is 232 g/mol. The average molecular weight is 250 g/mol. The zero-order valence-corrected chi connectivity index (χ0v) is 11.0. The van der Waals surface area contributed by atoms with E-state index < -0.39 is 0 Å². The SMILES string of the molecule is [C-]1=[N+](Cc2ccccc2)CCN1Cc1ccccc1. The largest absolute Gasteiger partial charge is 0.431 e. The summed E-state index contributed by atoms with van der Waals surface area (Å²) in [6.07, 6.45) is 3.45. The molecule has 3 rings (SSSR count). The molecule has 96 valence electrons. The molecule has 0 unspecified atom stereocenters. The lowest BCUT2D eigenvalue weighted by Crippen LogP contribution is -2.18. The van der Waals surface area contributed by atoms with Crippen molar-refractivity contribution in [3.8, 4) is 0 Å². The second kappa shape index (κ2) is 5.70. The standard InChI is InChI=1S/C17H18N2/c1-3-7-16(8-4-1)13-18-11-12-19(15-18)14-17-9-5-2-6-10-17/h1-10H,11-14H2. The van der Waals surface area contributed by atoms with E-state index in [0.29, 0.717) is 0 Å². The molecule has 2 heteroatoms. The number of hydrogen-bond acceptors (Lipinski definition) is 1. The van der Waals surface area contributed by atoms with E-state index in [2.05, 4.69) is 76.5 Å². The van der Waals surface area contributed by atoms with Crippen molar-refractivity contribution in [3.63, 3.8) is 0 Å². The van der Waals surface area contributed by atoms with Gasteiger partial charge in [0.05, 0.1) is 26.2 Å². The predicted molar refractivity (Wildman–Crippen MR) is 77.1 cm³/mol. The van der Waals surface area contributed by atoms with Crippen LogP contribution in [-0.4, -0.2) is 28.9 Å². The van der Waals surface area contributed by atoms with Gasteiger partial charge in [-0.05, 0) is 11.1 Å². The van der Waals surface area contributed by atoms with Crippen molar-refractivity contribution in [1.29, 1.82) is 0 Å². The lowest BCUT2D eigenvalue weighted by molar-refractivity contribution is -0.530. The molecule has 2 nitrogen and oxygen atoms in total. The van der Waals surface area contributed by atoms with Gasteiger partial charge >= 0.3 is 0 Å². The Balaban J connectivity index is 1.62. The highest BCUT2D eigenvalue weighted by atomic mass is 15.3. The third kappa shape index (κ3) is 3.22. The number of nitrogens with zero attached hydrogens (tertiary/aromatic N) is 2. The summed E-state index contributed by atoms with van der Waals surface area (Å²) in [7, 11) is 0. The fraction of sp³-hybridized carbons (Fsp3) is 0.235. The molecule has 0 N–H and O–H groups in total. The van der Waals surface area contributed by atoms with Gasteiger partial charge in [0.15, 0.2) is 0 Å². The molecule has 0 aliphatic carbocycles. The molecule has 19 heavy (non-hydrogen) atoms. The van der Waals surface area contributed by atoms with Crippen LogP contribution in [0.15, 0.2) is 60.7 Å². The smallest absolute Gasteiger partial charge is 0.0882 e. The maximum Gasteiger partial charge on any atom is 0.0882 e. The summed E-state index contributed by atoms with van der Waals surface area (Å²) >= 11 is 0. The minimum Gasteiger partial charge on any atom is -0.431 e. The van der Waals surface area contributed by atoms with Crippen LogP contribution in [0.5, 0.6) is 0 Å². The molecule has 0 saturated heterocycles. The number of rotatable bonds is 4. The highest BCUT2D eigenvalue weighted by Crippen LogP contribution is 2.07. The van der Waals surface area contributed by atoms with Crippen molar-refractivity contribution in [1.82, 2.24) is 4.90 Å². The Bertz CT molecular complexity index is 546. The monoisotopic (exact) mass is 250 g/mol. The van der Waals surface area contributed by atoms with Gasteiger partial charge in [-0.25, -0.2) is 0 Å². The molecule has 0 bridgehead atoms. The highest BCUT2D eigenvalue weighted by Gasteiger charge is 2.09. The summed E-state index contributed by atoms with van der Waals surface area (Å²) in [6.45, 7) is 4.02. The van der Waals surface area contributed by atoms with Crippen molar-refractivity contribution in [3.05, 3.63) is 71.8 Å². The molecule has 0 saturated carbocycles. The Morgan fingerprint density at radius 3 is 2.21 bits per heavy atom. The van der Waals surface area contributed by atoms with E-state index in [0.717, 1.165) is 26.2 Å². The molecule has 1 aliphatic rings. The molecule has 0 spiro atoms. The topological polar surface area (TPSA) is 6.25 Å². The average Bonchev–Trinajstić information content (AvgIpc) is 2.88. The van der Waals surface area contributed by atoms with Crippen LogP contribution in [0.1, 0.15) is 11.1 Å². The van der Waals surface area contributed by atoms with Crippen LogP contribution in [0.4, 0.5) is 0 Å². The lowest BCUT2D eigenvalue weighted by Gasteiger charge is -2.17. The fourth-order valence-electron chi connectivity index (χ4n) is 2.38. The minimum absolute atomic E-state index is 0.951. The first-order chi connectivity index (χ1) is 9.40. The molecule has 1 aliphatic heterocycles. The second-order valence-corrected chi connectivity index (χ2v) is 4.91. The molecule has 0 fully saturated rings. The van der Waals surface area contributed by atoms with Crippen LogP contribution in [-0.2, 0) is 13.1 Å². The number of benzene rings is 2. The van der Waals surface area contributed by atoms with E-state index in [4.69, 9.17) is 0 Å². The van der Waals surface area contributed by atoms with Gasteiger partial charge in [0.25, 0.3) is 0 Å². The Labute approximate surface area is 114 Å². The molecule has 0 aromatic heterocycles. The van der Waals surface area contributed by atoms with Gasteiger partial charge in [0.2, 0.25) is 0 Å². The molecule has 2 aromatic rings. The van der Waals surface area contributed by atoms with Crippen LogP contribution < -0.4 is 0 Å². The van der Waals surface area contributed by atoms with Crippen LogP contribution in [0.2, 0.25) is 0 Å². The van der Waals surface area contributed by atoms with Crippen LogP contribution in [0.25, 0.3) is 0 Å². The lowest BCUT2D eigenvalue weighted by atomic mass is 10.2. The Hall–Kier alpha value is -2.09. The maximum atomic E-state index is 3.45. The fourth-order valence-corrected chi connectivity index (χ4v) is 2.38. The molecule has 0 radical (unpaired) electrons. The first-order valence-electron chi connectivity index (χ1n) is 6.74. The van der Waals surface area contributed by atoms with Gasteiger partial charge < -0.3 is 9.48 Å². The van der Waals surface area contributed by atoms with E-state index >= 15 is 0 Å². The Morgan fingerprint density at radius 2 is 1.53 bits per heavy atom. The van der Waals surface area contributed by atoms with E-state index in [1.54, 1.807) is 0 Å². The van der Waals surface area contributed by atoms with Crippen molar-refractivity contribution in [2.45, 2.75) is 13.1 Å². The van der Waals surface area contributed by atoms with Crippen LogP contribution in [0.3, 0.4) is 0 Å². The summed E-state index contributed by atoms with van der Waals surface area (Å²) in [4.78, 5) is 2.26. The van der Waals surface area contributed by atoms with E-state index in [-0.39, 0.29) is 0 Å². The quantitative estimate of drug-likeness (QED) is 0.597. The van der Waals surface area contributed by atoms with Gasteiger partial charge in [-0.2, -0.15) is 0 Å². The highest BCUT2D eigenvalue weighted by molar-refractivity contribution is 5.50. The molecule has 0 amide bonds. The molecular formula is C17H18N2. The van der Waals surface area contributed by atoms with E-state index in [1.807, 2.05) is 0 Å². The summed E-state index contributed by atoms with van der Waals surface area (Å²) in [5.74, 6) is 0. The first kappa shape index (κ1) is 12.0. The van der Waals surface area contributed by atoms with Crippen LogP contribution in [0, 0.1) is 0 Å². The van der Waals surface area contributed by atoms with Crippen LogP contribution >= 0.6 is 0 Å². The molecule has 1 heterocycles. The Kier molecular flexibility index (Phi) is 3.59. The minimum atomic E-state index is 0.951. The second-order valence-electron chi connectivity index (χ2n) is 4.91. The van der Waals surface area contributed by atoms with Gasteiger partial charge in [-0.3, -0.25) is 0 Å². The van der Waals surface area contributed by atoms with Gasteiger partial charge in [0, 0.05) is 0 Å². The van der Waals surface area contributed by atoms with E-state index in [9.17, 15) is 0 Å².